The molecule has 0 amide bonds. The maximum atomic E-state index is 14.9. The van der Waals surface area contributed by atoms with Gasteiger partial charge in [0.05, 0.1) is 5.51 Å². The van der Waals surface area contributed by atoms with Crippen LogP contribution in [0.15, 0.2) is 27.9 Å². The number of benzene rings is 1. The number of likely N-dealkylation sites (N-methyl/N-ethyl adjacent to an activating group) is 1. The third-order valence-electron chi connectivity index (χ3n) is 4.71. The lowest BCUT2D eigenvalue weighted by Gasteiger charge is -2.28. The van der Waals surface area contributed by atoms with Gasteiger partial charge in [-0.25, -0.2) is 14.2 Å². The fourth-order valence-electron chi connectivity index (χ4n) is 3.12. The summed E-state index contributed by atoms with van der Waals surface area (Å²) < 4.78 is 78.6. The third-order valence-corrected chi connectivity index (χ3v) is 6.85. The van der Waals surface area contributed by atoms with Gasteiger partial charge in [-0.05, 0) is 37.6 Å². The van der Waals surface area contributed by atoms with E-state index in [1.807, 2.05) is 0 Å². The van der Waals surface area contributed by atoms with E-state index < -0.39 is 38.7 Å². The van der Waals surface area contributed by atoms with E-state index in [2.05, 4.69) is 15.1 Å². The van der Waals surface area contributed by atoms with Gasteiger partial charge in [-0.3, -0.25) is 0 Å². The van der Waals surface area contributed by atoms with Crippen LogP contribution in [0.2, 0.25) is 0 Å². The standard InChI is InChI=1S/C17H18F4N4O4S2/c1-10-5-14(12(18)6-13(10)24(2)11-3-4-22-7-11)31(27,28)25(15-8-30-9-23-15)29-16(26)17(19,20)21/h5-6,8-9,11,22H,3-4,7H2,1-2H3/t11-/m0/s1. The zero-order valence-electron chi connectivity index (χ0n) is 16.3. The fraction of sp³-hybridized carbons (Fsp3) is 0.412. The third kappa shape index (κ3) is 4.75. The Morgan fingerprint density at radius 3 is 2.61 bits per heavy atom. The number of aryl methyl sites for hydroxylation is 1. The molecule has 1 aliphatic heterocycles. The SMILES string of the molecule is Cc1cc(S(=O)(=O)N(OC(=O)C(F)(F)F)c2cscn2)c(F)cc1N(C)[C@H]1CCNC1. The minimum Gasteiger partial charge on any atom is -0.370 e. The van der Waals surface area contributed by atoms with Crippen LogP contribution >= 0.6 is 11.3 Å². The van der Waals surface area contributed by atoms with Gasteiger partial charge in [-0.15, -0.1) is 11.3 Å². The van der Waals surface area contributed by atoms with Crippen LogP contribution in [0.1, 0.15) is 12.0 Å². The van der Waals surface area contributed by atoms with E-state index in [0.717, 1.165) is 47.3 Å². The maximum Gasteiger partial charge on any atom is 0.493 e. The number of thiazole rings is 1. The number of carbonyl (C=O) groups excluding carboxylic acids is 1. The lowest BCUT2D eigenvalue weighted by atomic mass is 10.1. The normalized spacial score (nSPS) is 16.9. The molecule has 170 valence electrons. The molecular weight excluding hydrogens is 464 g/mol. The summed E-state index contributed by atoms with van der Waals surface area (Å²) in [6.07, 6.45) is -4.66. The molecule has 1 N–H and O–H groups in total. The minimum atomic E-state index is -5.47. The number of nitrogens with one attached hydrogen (secondary N) is 1. The highest BCUT2D eigenvalue weighted by molar-refractivity contribution is 7.92. The van der Waals surface area contributed by atoms with E-state index in [4.69, 9.17) is 0 Å². The first-order chi connectivity index (χ1) is 14.4. The van der Waals surface area contributed by atoms with Crippen molar-refractivity contribution in [1.29, 1.82) is 0 Å². The summed E-state index contributed by atoms with van der Waals surface area (Å²) in [6, 6.07) is 2.05. The van der Waals surface area contributed by atoms with E-state index in [-0.39, 0.29) is 10.5 Å². The largest absolute Gasteiger partial charge is 0.493 e. The lowest BCUT2D eigenvalue weighted by Crippen LogP contribution is -2.39. The highest BCUT2D eigenvalue weighted by Gasteiger charge is 2.45. The van der Waals surface area contributed by atoms with Gasteiger partial charge < -0.3 is 15.1 Å². The number of nitrogens with zero attached hydrogens (tertiary/aromatic N) is 3. The second kappa shape index (κ2) is 8.59. The Bertz CT molecular complexity index is 1050. The van der Waals surface area contributed by atoms with Crippen molar-refractivity contribution in [2.24, 2.45) is 0 Å². The van der Waals surface area contributed by atoms with Crippen molar-refractivity contribution >= 4 is 38.8 Å². The molecule has 1 atom stereocenters. The van der Waals surface area contributed by atoms with Crippen LogP contribution < -0.4 is 14.7 Å². The van der Waals surface area contributed by atoms with Crippen LogP contribution in [-0.4, -0.2) is 51.7 Å². The highest BCUT2D eigenvalue weighted by Crippen LogP contribution is 2.32. The van der Waals surface area contributed by atoms with Gasteiger partial charge >= 0.3 is 12.1 Å². The molecule has 2 aromatic rings. The van der Waals surface area contributed by atoms with Crippen molar-refractivity contribution in [3.05, 3.63) is 34.4 Å². The maximum absolute atomic E-state index is 14.9. The van der Waals surface area contributed by atoms with Crippen molar-refractivity contribution in [3.63, 3.8) is 0 Å². The minimum absolute atomic E-state index is 0.0693. The molecule has 0 saturated carbocycles. The number of halogens is 4. The molecule has 1 fully saturated rings. The molecule has 1 aliphatic rings. The Kier molecular flexibility index (Phi) is 6.43. The molecule has 0 spiro atoms. The zero-order chi connectivity index (χ0) is 23.0. The number of hydrogen-bond donors (Lipinski definition) is 1. The Labute approximate surface area is 179 Å². The second-order valence-corrected chi connectivity index (χ2v) is 9.22. The average Bonchev–Trinajstić information content (AvgIpc) is 3.39. The fourth-order valence-corrected chi connectivity index (χ4v) is 5.02. The van der Waals surface area contributed by atoms with Gasteiger partial charge in [0.2, 0.25) is 0 Å². The summed E-state index contributed by atoms with van der Waals surface area (Å²) in [5.41, 5.74) is 1.92. The molecule has 3 rings (SSSR count). The Hall–Kier alpha value is -2.45. The number of hydrogen-bond acceptors (Lipinski definition) is 8. The zero-order valence-corrected chi connectivity index (χ0v) is 17.9. The topological polar surface area (TPSA) is 91.8 Å². The number of alkyl halides is 3. The number of rotatable bonds is 6. The molecule has 1 saturated heterocycles. The number of aromatic nitrogens is 1. The van der Waals surface area contributed by atoms with Crippen LogP contribution in [0.25, 0.3) is 0 Å². The van der Waals surface area contributed by atoms with Crippen molar-refractivity contribution in [1.82, 2.24) is 10.3 Å². The Morgan fingerprint density at radius 1 is 1.35 bits per heavy atom. The van der Waals surface area contributed by atoms with Crippen LogP contribution in [0, 0.1) is 12.7 Å². The Balaban J connectivity index is 2.01. The second-order valence-electron chi connectivity index (χ2n) is 6.78. The molecule has 0 unspecified atom stereocenters. The molecule has 2 heterocycles. The lowest BCUT2D eigenvalue weighted by molar-refractivity contribution is -0.199. The molecule has 0 radical (unpaired) electrons. The molecule has 14 heteroatoms. The van der Waals surface area contributed by atoms with Crippen molar-refractivity contribution in [2.75, 3.05) is 29.5 Å². The predicted octanol–water partition coefficient (Wildman–Crippen LogP) is 2.60. The average molecular weight is 482 g/mol. The molecular formula is C17H18F4N4O4S2. The monoisotopic (exact) mass is 482 g/mol. The summed E-state index contributed by atoms with van der Waals surface area (Å²) in [6.45, 7) is 3.00. The summed E-state index contributed by atoms with van der Waals surface area (Å²) in [5.74, 6) is -4.61. The summed E-state index contributed by atoms with van der Waals surface area (Å²) in [4.78, 5) is 19.8. The quantitative estimate of drug-likeness (QED) is 0.500. The van der Waals surface area contributed by atoms with E-state index in [9.17, 15) is 30.8 Å². The van der Waals surface area contributed by atoms with Crippen molar-refractivity contribution in [2.45, 2.75) is 30.5 Å². The Morgan fingerprint density at radius 2 is 2.06 bits per heavy atom. The van der Waals surface area contributed by atoms with Gasteiger partial charge in [0.1, 0.15) is 10.7 Å². The van der Waals surface area contributed by atoms with E-state index >= 15 is 0 Å². The van der Waals surface area contributed by atoms with Gasteiger partial charge in [-0.1, -0.05) is 4.47 Å². The van der Waals surface area contributed by atoms with Crippen LogP contribution in [0.5, 0.6) is 0 Å². The molecule has 31 heavy (non-hydrogen) atoms. The van der Waals surface area contributed by atoms with Crippen LogP contribution in [0.3, 0.4) is 0 Å². The van der Waals surface area contributed by atoms with Crippen LogP contribution in [0.4, 0.5) is 29.1 Å². The number of anilines is 2. The molecule has 1 aromatic heterocycles. The van der Waals surface area contributed by atoms with Gasteiger partial charge in [-0.2, -0.15) is 21.6 Å². The van der Waals surface area contributed by atoms with E-state index in [0.29, 0.717) is 17.8 Å². The van der Waals surface area contributed by atoms with Crippen LogP contribution in [-0.2, 0) is 19.7 Å². The number of sulfonamides is 1. The van der Waals surface area contributed by atoms with Crippen molar-refractivity contribution in [3.8, 4) is 0 Å². The first kappa shape index (κ1) is 23.2. The highest BCUT2D eigenvalue weighted by atomic mass is 32.2. The summed E-state index contributed by atoms with van der Waals surface area (Å²) in [5, 5.41) is 4.21. The first-order valence-corrected chi connectivity index (χ1v) is 11.3. The summed E-state index contributed by atoms with van der Waals surface area (Å²) >= 11 is 0.845. The smallest absolute Gasteiger partial charge is 0.370 e. The first-order valence-electron chi connectivity index (χ1n) is 8.89. The van der Waals surface area contributed by atoms with E-state index in [1.54, 1.807) is 18.9 Å². The molecule has 0 aliphatic carbocycles. The van der Waals surface area contributed by atoms with Crippen molar-refractivity contribution < 1.29 is 35.6 Å². The molecule has 8 nitrogen and oxygen atoms in total. The summed E-state index contributed by atoms with van der Waals surface area (Å²) in [7, 11) is -3.33. The van der Waals surface area contributed by atoms with Gasteiger partial charge in [0.25, 0.3) is 10.0 Å². The van der Waals surface area contributed by atoms with Gasteiger partial charge in [0.15, 0.2) is 5.82 Å². The van der Waals surface area contributed by atoms with E-state index in [1.165, 1.54) is 0 Å². The molecule has 1 aromatic carbocycles. The number of carbonyl (C=O) groups is 1. The van der Waals surface area contributed by atoms with Gasteiger partial charge in [0, 0.05) is 30.7 Å². The molecule has 0 bridgehead atoms. The predicted molar refractivity (Wildman–Crippen MR) is 105 cm³/mol.